The summed E-state index contributed by atoms with van der Waals surface area (Å²) >= 11 is 0. The Balaban J connectivity index is 2.70. The van der Waals surface area contributed by atoms with Gasteiger partial charge < -0.3 is 0 Å². The third-order valence-electron chi connectivity index (χ3n) is 4.75. The smallest absolute Gasteiger partial charge is 0.292 e. The molecule has 0 N–H and O–H groups in total. The van der Waals surface area contributed by atoms with Crippen molar-refractivity contribution in [3.8, 4) is 0 Å². The molecule has 0 aromatic heterocycles. The van der Waals surface area contributed by atoms with Crippen molar-refractivity contribution in [1.82, 2.24) is 0 Å². The van der Waals surface area contributed by atoms with E-state index >= 15 is 0 Å². The first-order valence-electron chi connectivity index (χ1n) is 11.9. The number of hydrogen-bond acceptors (Lipinski definition) is 13. The number of benzene rings is 2. The average Bonchev–Trinajstić information content (AvgIpc) is 3.00. The summed E-state index contributed by atoms with van der Waals surface area (Å²) in [5.41, 5.74) is -3.02. The lowest BCUT2D eigenvalue weighted by Crippen LogP contribution is -2.22. The van der Waals surface area contributed by atoms with E-state index in [0.29, 0.717) is 0 Å². The number of rotatable bonds is 18. The molecule has 2 aromatic rings. The van der Waals surface area contributed by atoms with E-state index in [2.05, 4.69) is 36.1 Å². The minimum atomic E-state index is -1.27. The molecule has 0 radical (unpaired) electrons. The fourth-order valence-corrected chi connectivity index (χ4v) is 3.12. The highest BCUT2D eigenvalue weighted by atomic mass is 17.2. The molecule has 0 saturated carbocycles. The maximum absolute atomic E-state index is 13.9. The summed E-state index contributed by atoms with van der Waals surface area (Å²) in [7, 11) is 0. The van der Waals surface area contributed by atoms with Gasteiger partial charge in [-0.05, 0) is 12.1 Å². The van der Waals surface area contributed by atoms with Gasteiger partial charge >= 0.3 is 23.9 Å². The van der Waals surface area contributed by atoms with Gasteiger partial charge in [0.2, 0.25) is 0 Å². The Kier molecular flexibility index (Phi) is 13.7. The molecule has 2 rings (SSSR count). The van der Waals surface area contributed by atoms with Crippen LogP contribution in [0, 0.1) is 0 Å². The van der Waals surface area contributed by atoms with E-state index < -0.39 is 63.0 Å². The zero-order valence-corrected chi connectivity index (χ0v) is 22.2. The first-order chi connectivity index (χ1) is 20.3. The van der Waals surface area contributed by atoms with Crippen LogP contribution in [-0.2, 0) is 39.1 Å². The van der Waals surface area contributed by atoms with E-state index in [-0.39, 0.29) is 26.4 Å². The Bertz CT molecular complexity index is 1260. The summed E-state index contributed by atoms with van der Waals surface area (Å²) < 4.78 is 0. The van der Waals surface area contributed by atoms with Gasteiger partial charge in [-0.15, -0.1) is 26.3 Å². The maximum Gasteiger partial charge on any atom is 0.374 e. The van der Waals surface area contributed by atoms with Crippen LogP contribution in [0.3, 0.4) is 0 Å². The molecule has 0 aliphatic rings. The zero-order valence-electron chi connectivity index (χ0n) is 22.2. The third-order valence-corrected chi connectivity index (χ3v) is 4.75. The van der Waals surface area contributed by atoms with Crippen LogP contribution in [-0.4, -0.2) is 56.1 Å². The predicted octanol–water partition coefficient (Wildman–Crippen LogP) is 4.02. The Labute approximate surface area is 239 Å². The summed E-state index contributed by atoms with van der Waals surface area (Å²) in [6.07, 6.45) is 5.15. The first-order valence-corrected chi connectivity index (χ1v) is 11.9. The van der Waals surface area contributed by atoms with Gasteiger partial charge in [0.15, 0.2) is 5.78 Å². The molecule has 13 nitrogen and oxygen atoms in total. The summed E-state index contributed by atoms with van der Waals surface area (Å²) in [6, 6.07) is 7.15. The molecule has 0 aliphatic carbocycles. The van der Waals surface area contributed by atoms with Crippen LogP contribution in [0.2, 0.25) is 0 Å². The summed E-state index contributed by atoms with van der Waals surface area (Å²) in [6.45, 7) is 12.9. The molecule has 0 saturated heterocycles. The number of ketones is 1. The van der Waals surface area contributed by atoms with Gasteiger partial charge in [0.25, 0.3) is 0 Å². The highest BCUT2D eigenvalue weighted by molar-refractivity contribution is 6.21. The standard InChI is InChI=1S/C29H26O13/c1-5-15-35-39-26(31)21-13-9-11-19(23(21)28(33)41-37-17-7-3)25(30)20-12-10-14-22(27(32)40-36-16-6-2)24(20)29(34)42-38-18-8-4/h5-14H,1-4,15-18H2. The minimum absolute atomic E-state index is 0.175. The minimum Gasteiger partial charge on any atom is -0.292 e. The monoisotopic (exact) mass is 582 g/mol. The van der Waals surface area contributed by atoms with Crippen LogP contribution in [0.5, 0.6) is 0 Å². The van der Waals surface area contributed by atoms with Crippen molar-refractivity contribution in [2.75, 3.05) is 26.4 Å². The first kappa shape index (κ1) is 33.0. The van der Waals surface area contributed by atoms with Crippen molar-refractivity contribution in [2.45, 2.75) is 0 Å². The van der Waals surface area contributed by atoms with Gasteiger partial charge in [-0.2, -0.15) is 19.6 Å². The maximum atomic E-state index is 13.9. The Morgan fingerprint density at radius 2 is 0.762 bits per heavy atom. The van der Waals surface area contributed by atoms with E-state index in [1.165, 1.54) is 36.4 Å². The fraction of sp³-hybridized carbons (Fsp3) is 0.138. The van der Waals surface area contributed by atoms with Crippen molar-refractivity contribution in [1.29, 1.82) is 0 Å². The van der Waals surface area contributed by atoms with Crippen LogP contribution in [0.4, 0.5) is 0 Å². The normalized spacial score (nSPS) is 10.1. The van der Waals surface area contributed by atoms with Crippen LogP contribution in [0.15, 0.2) is 87.0 Å². The van der Waals surface area contributed by atoms with Crippen molar-refractivity contribution >= 4 is 29.7 Å². The molecule has 220 valence electrons. The topological polar surface area (TPSA) is 159 Å². The lowest BCUT2D eigenvalue weighted by Gasteiger charge is -2.15. The Morgan fingerprint density at radius 1 is 0.476 bits per heavy atom. The summed E-state index contributed by atoms with van der Waals surface area (Å²) in [5.74, 6) is -5.91. The van der Waals surface area contributed by atoms with Crippen molar-refractivity contribution in [3.63, 3.8) is 0 Å². The van der Waals surface area contributed by atoms with Gasteiger partial charge in [-0.1, -0.05) is 48.6 Å². The second-order valence-electron chi connectivity index (χ2n) is 7.56. The summed E-state index contributed by atoms with van der Waals surface area (Å²) in [4.78, 5) is 103. The average molecular weight is 583 g/mol. The second kappa shape index (κ2) is 17.5. The predicted molar refractivity (Wildman–Crippen MR) is 143 cm³/mol. The van der Waals surface area contributed by atoms with Crippen LogP contribution < -0.4 is 0 Å². The van der Waals surface area contributed by atoms with Crippen LogP contribution in [0.25, 0.3) is 0 Å². The molecule has 0 spiro atoms. The molecule has 0 aliphatic heterocycles. The zero-order chi connectivity index (χ0) is 30.9. The lowest BCUT2D eigenvalue weighted by atomic mass is 9.90. The molecule has 2 aromatic carbocycles. The van der Waals surface area contributed by atoms with Gasteiger partial charge in [-0.25, -0.2) is 19.2 Å². The van der Waals surface area contributed by atoms with Crippen LogP contribution >= 0.6 is 0 Å². The molecule has 42 heavy (non-hydrogen) atoms. The van der Waals surface area contributed by atoms with Gasteiger partial charge in [-0.3, -0.25) is 24.3 Å². The molecule has 0 heterocycles. The molecule has 0 bridgehead atoms. The molecule has 0 atom stereocenters. The van der Waals surface area contributed by atoms with E-state index in [1.807, 2.05) is 0 Å². The Morgan fingerprint density at radius 3 is 1.07 bits per heavy atom. The lowest BCUT2D eigenvalue weighted by molar-refractivity contribution is -0.233. The summed E-state index contributed by atoms with van der Waals surface area (Å²) in [5, 5.41) is 0. The number of carbonyl (C=O) groups excluding carboxylic acids is 5. The molecule has 0 fully saturated rings. The second-order valence-corrected chi connectivity index (χ2v) is 7.56. The molecule has 0 amide bonds. The molecule has 13 heteroatoms. The van der Waals surface area contributed by atoms with Gasteiger partial charge in [0, 0.05) is 11.1 Å². The molecule has 0 unspecified atom stereocenters. The van der Waals surface area contributed by atoms with Gasteiger partial charge in [0.1, 0.15) is 26.4 Å². The van der Waals surface area contributed by atoms with E-state index in [9.17, 15) is 24.0 Å². The van der Waals surface area contributed by atoms with Crippen molar-refractivity contribution in [2.24, 2.45) is 0 Å². The number of hydrogen-bond donors (Lipinski definition) is 0. The molecular weight excluding hydrogens is 556 g/mol. The van der Waals surface area contributed by atoms with Crippen molar-refractivity contribution < 1.29 is 63.1 Å². The SMILES string of the molecule is C=CCOOC(=O)c1cccc(C(=O)c2cccc(C(=O)OOCC=C)c2C(=O)OOCC=C)c1C(=O)OOCC=C. The molecular formula is C29H26O13. The third kappa shape index (κ3) is 8.90. The van der Waals surface area contributed by atoms with E-state index in [4.69, 9.17) is 29.3 Å². The largest absolute Gasteiger partial charge is 0.374 e. The van der Waals surface area contributed by atoms with E-state index in [1.54, 1.807) is 0 Å². The van der Waals surface area contributed by atoms with Gasteiger partial charge in [0.05, 0.1) is 22.3 Å². The van der Waals surface area contributed by atoms with Crippen LogP contribution in [0.1, 0.15) is 57.4 Å². The van der Waals surface area contributed by atoms with E-state index in [0.717, 1.165) is 24.3 Å². The highest BCUT2D eigenvalue weighted by Crippen LogP contribution is 2.26. The quantitative estimate of drug-likeness (QED) is 0.0816. The van der Waals surface area contributed by atoms with Crippen molar-refractivity contribution in [3.05, 3.63) is 120 Å². The highest BCUT2D eigenvalue weighted by Gasteiger charge is 2.32. The Hall–Kier alpha value is -5.21. The number of carbonyl (C=O) groups is 5. The fourth-order valence-electron chi connectivity index (χ4n) is 3.12.